The fourth-order valence-electron chi connectivity index (χ4n) is 4.97. The van der Waals surface area contributed by atoms with Crippen LogP contribution in [0.2, 0.25) is 0 Å². The highest BCUT2D eigenvalue weighted by atomic mass is 16.1. The molecule has 0 spiro atoms. The number of piperazine rings is 1. The van der Waals surface area contributed by atoms with Gasteiger partial charge in [-0.1, -0.05) is 18.2 Å². The summed E-state index contributed by atoms with van der Waals surface area (Å²) in [5.74, 6) is 0.203. The van der Waals surface area contributed by atoms with Crippen molar-refractivity contribution in [3.63, 3.8) is 0 Å². The Morgan fingerprint density at radius 3 is 2.73 bits per heavy atom. The minimum atomic E-state index is -0.264. The van der Waals surface area contributed by atoms with E-state index in [0.29, 0.717) is 12.5 Å². The van der Waals surface area contributed by atoms with Crippen molar-refractivity contribution >= 4 is 28.2 Å². The third kappa shape index (κ3) is 3.75. The number of aromatic amines is 1. The maximum atomic E-state index is 11.4. The lowest BCUT2D eigenvalue weighted by molar-refractivity contribution is -0.116. The van der Waals surface area contributed by atoms with E-state index in [-0.39, 0.29) is 5.91 Å². The van der Waals surface area contributed by atoms with Crippen molar-refractivity contribution in [2.24, 2.45) is 5.73 Å². The normalized spacial score (nSPS) is 19.4. The molecule has 6 nitrogen and oxygen atoms in total. The van der Waals surface area contributed by atoms with Crippen LogP contribution in [-0.2, 0) is 4.79 Å². The maximum Gasteiger partial charge on any atom is 0.236 e. The molecule has 6 heteroatoms. The highest BCUT2D eigenvalue weighted by molar-refractivity contribution is 5.83. The van der Waals surface area contributed by atoms with E-state index < -0.39 is 0 Å². The second-order valence-electron chi connectivity index (χ2n) is 8.47. The fourth-order valence-corrected chi connectivity index (χ4v) is 4.97. The van der Waals surface area contributed by atoms with Crippen LogP contribution in [0, 0.1) is 0 Å². The van der Waals surface area contributed by atoms with Gasteiger partial charge in [0.05, 0.1) is 6.54 Å². The number of amides is 1. The molecule has 1 aromatic heterocycles. The first-order valence-corrected chi connectivity index (χ1v) is 10.8. The van der Waals surface area contributed by atoms with Crippen LogP contribution in [0.1, 0.15) is 17.9 Å². The van der Waals surface area contributed by atoms with Gasteiger partial charge in [0.25, 0.3) is 0 Å². The van der Waals surface area contributed by atoms with Gasteiger partial charge in [0.15, 0.2) is 0 Å². The minimum Gasteiger partial charge on any atom is -0.369 e. The molecule has 2 aromatic carbocycles. The SMILES string of the molecule is NC(=O)CN1CC(CCN2CCN(c3ccc4[nH]ccc4c3)CC2)c2ccccc21. The number of nitrogens with zero attached hydrogens (tertiary/aromatic N) is 3. The van der Waals surface area contributed by atoms with Crippen LogP contribution in [0.25, 0.3) is 10.9 Å². The van der Waals surface area contributed by atoms with E-state index in [0.717, 1.165) is 45.7 Å². The summed E-state index contributed by atoms with van der Waals surface area (Å²) in [7, 11) is 0. The lowest BCUT2D eigenvalue weighted by Crippen LogP contribution is -2.46. The second kappa shape index (κ2) is 8.03. The number of primary amides is 1. The van der Waals surface area contributed by atoms with Gasteiger partial charge in [0.1, 0.15) is 0 Å². The van der Waals surface area contributed by atoms with E-state index in [1.54, 1.807) is 0 Å². The van der Waals surface area contributed by atoms with Crippen LogP contribution < -0.4 is 15.5 Å². The van der Waals surface area contributed by atoms with Crippen molar-refractivity contribution in [1.82, 2.24) is 9.88 Å². The number of carbonyl (C=O) groups is 1. The number of anilines is 2. The molecule has 0 aliphatic carbocycles. The predicted octanol–water partition coefficient (Wildman–Crippen LogP) is 2.77. The third-order valence-electron chi connectivity index (χ3n) is 6.57. The summed E-state index contributed by atoms with van der Waals surface area (Å²) in [5.41, 5.74) is 10.5. The van der Waals surface area contributed by atoms with Gasteiger partial charge in [-0.2, -0.15) is 0 Å². The molecular weight excluding hydrogens is 374 g/mol. The molecule has 1 atom stereocenters. The van der Waals surface area contributed by atoms with Gasteiger partial charge in [-0.15, -0.1) is 0 Å². The molecule has 0 bridgehead atoms. The van der Waals surface area contributed by atoms with Crippen LogP contribution in [0.4, 0.5) is 11.4 Å². The van der Waals surface area contributed by atoms with Gasteiger partial charge >= 0.3 is 0 Å². The van der Waals surface area contributed by atoms with E-state index in [1.807, 2.05) is 12.3 Å². The summed E-state index contributed by atoms with van der Waals surface area (Å²) in [6.07, 6.45) is 3.11. The summed E-state index contributed by atoms with van der Waals surface area (Å²) >= 11 is 0. The first-order valence-electron chi connectivity index (χ1n) is 10.8. The Labute approximate surface area is 177 Å². The lowest BCUT2D eigenvalue weighted by Gasteiger charge is -2.36. The molecule has 1 fully saturated rings. The number of hydrogen-bond donors (Lipinski definition) is 2. The summed E-state index contributed by atoms with van der Waals surface area (Å²) in [6, 6.07) is 17.3. The van der Waals surface area contributed by atoms with E-state index in [2.05, 4.69) is 62.1 Å². The molecule has 156 valence electrons. The van der Waals surface area contributed by atoms with Gasteiger partial charge in [-0.3, -0.25) is 9.69 Å². The zero-order valence-corrected chi connectivity index (χ0v) is 17.3. The molecule has 0 saturated carbocycles. The van der Waals surface area contributed by atoms with Gasteiger partial charge in [-0.05, 0) is 48.9 Å². The van der Waals surface area contributed by atoms with E-state index in [9.17, 15) is 4.79 Å². The average molecular weight is 404 g/mol. The molecule has 0 radical (unpaired) electrons. The van der Waals surface area contributed by atoms with Gasteiger partial charge in [-0.25, -0.2) is 0 Å². The van der Waals surface area contributed by atoms with E-state index >= 15 is 0 Å². The monoisotopic (exact) mass is 403 g/mol. The van der Waals surface area contributed by atoms with Gasteiger partial charge < -0.3 is 20.5 Å². The number of fused-ring (bicyclic) bond motifs is 2. The molecule has 2 aliphatic rings. The summed E-state index contributed by atoms with van der Waals surface area (Å²) in [5, 5.41) is 1.27. The molecule has 5 rings (SSSR count). The topological polar surface area (TPSA) is 68.6 Å². The molecule has 2 aliphatic heterocycles. The Balaban J connectivity index is 1.17. The third-order valence-corrected chi connectivity index (χ3v) is 6.57. The number of hydrogen-bond acceptors (Lipinski definition) is 4. The van der Waals surface area contributed by atoms with Crippen molar-refractivity contribution in [2.75, 3.05) is 55.6 Å². The predicted molar refractivity (Wildman–Crippen MR) is 122 cm³/mol. The molecule has 30 heavy (non-hydrogen) atoms. The quantitative estimate of drug-likeness (QED) is 0.664. The van der Waals surface area contributed by atoms with Crippen molar-refractivity contribution in [3.05, 3.63) is 60.3 Å². The zero-order chi connectivity index (χ0) is 20.5. The van der Waals surface area contributed by atoms with Gasteiger partial charge in [0, 0.05) is 67.1 Å². The Hall–Kier alpha value is -2.99. The van der Waals surface area contributed by atoms with Crippen LogP contribution in [0.15, 0.2) is 54.7 Å². The number of para-hydroxylation sites is 1. The highest BCUT2D eigenvalue weighted by Crippen LogP contribution is 2.37. The number of benzene rings is 2. The summed E-state index contributed by atoms with van der Waals surface area (Å²) < 4.78 is 0. The number of carbonyl (C=O) groups excluding carboxylic acids is 1. The molecular formula is C24H29N5O. The molecule has 3 aromatic rings. The first-order chi connectivity index (χ1) is 14.7. The number of nitrogens with one attached hydrogen (secondary N) is 1. The van der Waals surface area contributed by atoms with Crippen LogP contribution in [0.3, 0.4) is 0 Å². The lowest BCUT2D eigenvalue weighted by atomic mass is 9.97. The number of rotatable bonds is 6. The van der Waals surface area contributed by atoms with Crippen molar-refractivity contribution in [1.29, 1.82) is 0 Å². The van der Waals surface area contributed by atoms with Crippen LogP contribution in [0.5, 0.6) is 0 Å². The van der Waals surface area contributed by atoms with E-state index in [1.165, 1.54) is 27.8 Å². The molecule has 3 N–H and O–H groups in total. The molecule has 1 saturated heterocycles. The average Bonchev–Trinajstić information content (AvgIpc) is 3.37. The number of aromatic nitrogens is 1. The van der Waals surface area contributed by atoms with Crippen LogP contribution >= 0.6 is 0 Å². The minimum absolute atomic E-state index is 0.264. The summed E-state index contributed by atoms with van der Waals surface area (Å²) in [6.45, 7) is 6.58. The van der Waals surface area contributed by atoms with Crippen molar-refractivity contribution in [3.8, 4) is 0 Å². The Morgan fingerprint density at radius 2 is 1.90 bits per heavy atom. The molecule has 1 amide bonds. The highest BCUT2D eigenvalue weighted by Gasteiger charge is 2.29. The van der Waals surface area contributed by atoms with Crippen LogP contribution in [-0.4, -0.2) is 61.6 Å². The Bertz CT molecular complexity index is 1040. The smallest absolute Gasteiger partial charge is 0.236 e. The standard InChI is InChI=1S/C24H29N5O/c25-24(30)17-29-16-19(21-3-1-2-4-23(21)29)8-10-27-11-13-28(14-12-27)20-5-6-22-18(15-20)7-9-26-22/h1-7,9,15,19,26H,8,10-14,16-17H2,(H2,25,30). The maximum absolute atomic E-state index is 11.4. The largest absolute Gasteiger partial charge is 0.369 e. The first kappa shape index (κ1) is 19.0. The fraction of sp³-hybridized carbons (Fsp3) is 0.375. The van der Waals surface area contributed by atoms with Gasteiger partial charge in [0.2, 0.25) is 5.91 Å². The second-order valence-corrected chi connectivity index (χ2v) is 8.47. The number of H-pyrrole nitrogens is 1. The Kier molecular flexibility index (Phi) is 5.09. The molecule has 3 heterocycles. The van der Waals surface area contributed by atoms with Crippen molar-refractivity contribution in [2.45, 2.75) is 12.3 Å². The zero-order valence-electron chi connectivity index (χ0n) is 17.3. The van der Waals surface area contributed by atoms with Crippen molar-refractivity contribution < 1.29 is 4.79 Å². The van der Waals surface area contributed by atoms with E-state index in [4.69, 9.17) is 5.73 Å². The Morgan fingerprint density at radius 1 is 1.07 bits per heavy atom. The molecule has 1 unspecified atom stereocenters. The summed E-state index contributed by atoms with van der Waals surface area (Å²) in [4.78, 5) is 21.9. The number of nitrogens with two attached hydrogens (primary N) is 1.